The van der Waals surface area contributed by atoms with Gasteiger partial charge in [0.15, 0.2) is 0 Å². The number of nitrogens with one attached hydrogen (secondary N) is 2. The van der Waals surface area contributed by atoms with Gasteiger partial charge in [-0.05, 0) is 46.5 Å². The molecule has 0 radical (unpaired) electrons. The number of benzene rings is 4. The number of carbonyl (C=O) groups is 2. The van der Waals surface area contributed by atoms with E-state index in [-0.39, 0.29) is 16.3 Å². The molecular weight excluding hydrogens is 476 g/mol. The number of phenols is 1. The predicted molar refractivity (Wildman–Crippen MR) is 142 cm³/mol. The predicted octanol–water partition coefficient (Wildman–Crippen LogP) is 4.15. The second kappa shape index (κ2) is 11.5. The highest BCUT2D eigenvalue weighted by Crippen LogP contribution is 2.24. The zero-order valence-electron chi connectivity index (χ0n) is 19.3. The zero-order valence-corrected chi connectivity index (χ0v) is 20.1. The van der Waals surface area contributed by atoms with Crippen LogP contribution in [0.3, 0.4) is 0 Å². The lowest BCUT2D eigenvalue weighted by atomic mass is 9.99. The van der Waals surface area contributed by atoms with Crippen LogP contribution in [0.5, 0.6) is 5.75 Å². The van der Waals surface area contributed by atoms with Crippen LogP contribution in [0.15, 0.2) is 90.0 Å². The van der Waals surface area contributed by atoms with Gasteiger partial charge < -0.3 is 16.2 Å². The molecule has 4 rings (SSSR count). The number of nitrogens with two attached hydrogens (primary N) is 1. The van der Waals surface area contributed by atoms with E-state index in [0.29, 0.717) is 13.0 Å². The molecule has 8 heteroatoms. The highest BCUT2D eigenvalue weighted by Gasteiger charge is 2.16. The van der Waals surface area contributed by atoms with E-state index in [2.05, 4.69) is 15.8 Å². The second-order valence-electron chi connectivity index (χ2n) is 8.25. The van der Waals surface area contributed by atoms with Crippen LogP contribution < -0.4 is 16.5 Å². The van der Waals surface area contributed by atoms with E-state index in [4.69, 9.17) is 17.3 Å². The first-order valence-corrected chi connectivity index (χ1v) is 11.7. The number of fused-ring (bicyclic) bond motifs is 1. The van der Waals surface area contributed by atoms with Gasteiger partial charge in [-0.2, -0.15) is 5.10 Å². The molecule has 0 fully saturated rings. The molecule has 4 aromatic carbocycles. The van der Waals surface area contributed by atoms with Crippen molar-refractivity contribution in [1.29, 1.82) is 0 Å². The molecule has 0 aromatic heterocycles. The lowest BCUT2D eigenvalue weighted by molar-refractivity contribution is -0.120. The number of aromatic hydroxyl groups is 1. The lowest BCUT2D eigenvalue weighted by Gasteiger charge is -2.17. The molecule has 2 amide bonds. The average molecular weight is 501 g/mol. The molecule has 0 aliphatic carbocycles. The minimum absolute atomic E-state index is 0.0872. The van der Waals surface area contributed by atoms with Crippen molar-refractivity contribution >= 4 is 40.4 Å². The molecule has 1 atom stereocenters. The minimum Gasteiger partial charge on any atom is -0.506 e. The Morgan fingerprint density at radius 1 is 0.972 bits per heavy atom. The standard InChI is InChI=1S/C28H25ClN4O3/c29-24-15-19(12-13-26(24)34)28(36)33-32-17-21-11-10-20(22-8-4-5-9-23(21)22)16-31-25(27(30)35)14-18-6-2-1-3-7-18/h1-13,15,17,25,31,34H,14,16H2,(H2,30,35)(H,33,36)/b32-17+. The highest BCUT2D eigenvalue weighted by atomic mass is 35.5. The number of hydrogen-bond donors (Lipinski definition) is 4. The van der Waals surface area contributed by atoms with Crippen molar-refractivity contribution in [1.82, 2.24) is 10.7 Å². The van der Waals surface area contributed by atoms with Gasteiger partial charge in [-0.3, -0.25) is 9.59 Å². The summed E-state index contributed by atoms with van der Waals surface area (Å²) < 4.78 is 0. The van der Waals surface area contributed by atoms with E-state index >= 15 is 0 Å². The van der Waals surface area contributed by atoms with Gasteiger partial charge in [-0.1, -0.05) is 78.3 Å². The van der Waals surface area contributed by atoms with Crippen LogP contribution in [-0.2, 0) is 17.8 Å². The smallest absolute Gasteiger partial charge is 0.271 e. The van der Waals surface area contributed by atoms with E-state index in [9.17, 15) is 14.7 Å². The van der Waals surface area contributed by atoms with Gasteiger partial charge in [0.2, 0.25) is 5.91 Å². The molecule has 0 heterocycles. The van der Waals surface area contributed by atoms with E-state index in [0.717, 1.165) is 27.5 Å². The summed E-state index contributed by atoms with van der Waals surface area (Å²) in [5, 5.41) is 18.9. The minimum atomic E-state index is -0.504. The Hall–Kier alpha value is -4.20. The van der Waals surface area contributed by atoms with Crippen molar-refractivity contribution in [3.05, 3.63) is 112 Å². The average Bonchev–Trinajstić information content (AvgIpc) is 2.89. The first-order valence-electron chi connectivity index (χ1n) is 11.3. The Kier molecular flexibility index (Phi) is 7.95. The molecule has 0 aliphatic heterocycles. The summed E-state index contributed by atoms with van der Waals surface area (Å²) >= 11 is 5.87. The normalized spacial score (nSPS) is 12.0. The number of primary amides is 1. The third kappa shape index (κ3) is 6.07. The number of hydrazone groups is 1. The van der Waals surface area contributed by atoms with Crippen LogP contribution in [0.4, 0.5) is 0 Å². The first-order chi connectivity index (χ1) is 17.4. The molecule has 0 saturated heterocycles. The van der Waals surface area contributed by atoms with Gasteiger partial charge >= 0.3 is 0 Å². The molecule has 5 N–H and O–H groups in total. The van der Waals surface area contributed by atoms with Crippen LogP contribution in [0.2, 0.25) is 5.02 Å². The van der Waals surface area contributed by atoms with Crippen molar-refractivity contribution < 1.29 is 14.7 Å². The molecule has 0 saturated carbocycles. The van der Waals surface area contributed by atoms with E-state index in [1.54, 1.807) is 6.21 Å². The molecular formula is C28H25ClN4O3. The van der Waals surface area contributed by atoms with Crippen LogP contribution in [0.1, 0.15) is 27.0 Å². The lowest BCUT2D eigenvalue weighted by Crippen LogP contribution is -2.42. The van der Waals surface area contributed by atoms with Crippen LogP contribution in [0.25, 0.3) is 10.8 Å². The Labute approximate surface area is 213 Å². The maximum absolute atomic E-state index is 12.3. The fourth-order valence-corrected chi connectivity index (χ4v) is 4.06. The van der Waals surface area contributed by atoms with Gasteiger partial charge in [-0.25, -0.2) is 5.43 Å². The third-order valence-corrected chi connectivity index (χ3v) is 6.10. The molecule has 36 heavy (non-hydrogen) atoms. The van der Waals surface area contributed by atoms with Crippen LogP contribution in [0, 0.1) is 0 Å². The number of nitrogens with zero attached hydrogens (tertiary/aromatic N) is 1. The van der Waals surface area contributed by atoms with Crippen LogP contribution >= 0.6 is 11.6 Å². The number of hydrogen-bond acceptors (Lipinski definition) is 5. The van der Waals surface area contributed by atoms with Crippen molar-refractivity contribution in [2.75, 3.05) is 0 Å². The summed E-state index contributed by atoms with van der Waals surface area (Å²) in [6.07, 6.45) is 2.08. The SMILES string of the molecule is NC(=O)C(Cc1ccccc1)NCc1ccc(/C=N/NC(=O)c2ccc(O)c(Cl)c2)c2ccccc12. The van der Waals surface area contributed by atoms with Crippen molar-refractivity contribution in [2.24, 2.45) is 10.8 Å². The Bertz CT molecular complexity index is 1420. The summed E-state index contributed by atoms with van der Waals surface area (Å²) in [6.45, 7) is 0.455. The van der Waals surface area contributed by atoms with Gasteiger partial charge in [0.05, 0.1) is 17.3 Å². The molecule has 0 aliphatic rings. The number of amides is 2. The fourth-order valence-electron chi connectivity index (χ4n) is 3.88. The maximum Gasteiger partial charge on any atom is 0.271 e. The Morgan fingerprint density at radius 2 is 1.69 bits per heavy atom. The topological polar surface area (TPSA) is 117 Å². The second-order valence-corrected chi connectivity index (χ2v) is 8.66. The first kappa shape index (κ1) is 24.9. The van der Waals surface area contributed by atoms with Crippen LogP contribution in [-0.4, -0.2) is 29.2 Å². The summed E-state index contributed by atoms with van der Waals surface area (Å²) in [4.78, 5) is 24.4. The number of phenolic OH excluding ortho intramolecular Hbond substituents is 1. The maximum atomic E-state index is 12.3. The quantitative estimate of drug-likeness (QED) is 0.204. The van der Waals surface area contributed by atoms with E-state index < -0.39 is 17.9 Å². The van der Waals surface area contributed by atoms with Gasteiger partial charge in [0, 0.05) is 17.7 Å². The summed E-state index contributed by atoms with van der Waals surface area (Å²) in [5.74, 6) is -0.952. The molecule has 7 nitrogen and oxygen atoms in total. The molecule has 182 valence electrons. The van der Waals surface area contributed by atoms with Gasteiger partial charge in [0.25, 0.3) is 5.91 Å². The summed E-state index contributed by atoms with van der Waals surface area (Å²) in [6, 6.07) is 25.1. The fraction of sp³-hybridized carbons (Fsp3) is 0.107. The van der Waals surface area contributed by atoms with Crippen molar-refractivity contribution in [3.63, 3.8) is 0 Å². The molecule has 0 bridgehead atoms. The van der Waals surface area contributed by atoms with Crippen molar-refractivity contribution in [2.45, 2.75) is 19.0 Å². The Morgan fingerprint density at radius 3 is 2.42 bits per heavy atom. The molecule has 1 unspecified atom stereocenters. The molecule has 0 spiro atoms. The monoisotopic (exact) mass is 500 g/mol. The third-order valence-electron chi connectivity index (χ3n) is 5.79. The summed E-state index contributed by atoms with van der Waals surface area (Å²) in [7, 11) is 0. The summed E-state index contributed by atoms with van der Waals surface area (Å²) in [5.41, 5.74) is 11.3. The molecule has 4 aromatic rings. The largest absolute Gasteiger partial charge is 0.506 e. The van der Waals surface area contributed by atoms with E-state index in [1.807, 2.05) is 66.7 Å². The number of rotatable bonds is 9. The zero-order chi connectivity index (χ0) is 25.5. The van der Waals surface area contributed by atoms with E-state index in [1.165, 1.54) is 18.2 Å². The van der Waals surface area contributed by atoms with Gasteiger partial charge in [-0.15, -0.1) is 0 Å². The Balaban J connectivity index is 1.48. The number of halogens is 1. The van der Waals surface area contributed by atoms with Crippen molar-refractivity contribution in [3.8, 4) is 5.75 Å². The number of carbonyl (C=O) groups excluding carboxylic acids is 2. The van der Waals surface area contributed by atoms with Gasteiger partial charge in [0.1, 0.15) is 5.75 Å². The highest BCUT2D eigenvalue weighted by molar-refractivity contribution is 6.32.